The molecule has 1 aromatic carbocycles. The molecule has 0 fully saturated rings. The maximum atomic E-state index is 13.0. The summed E-state index contributed by atoms with van der Waals surface area (Å²) in [6.07, 6.45) is -7.03. The second-order valence-electron chi connectivity index (χ2n) is 6.07. The van der Waals surface area contributed by atoms with Crippen LogP contribution in [0, 0.1) is 0 Å². The molecule has 3 rings (SSSR count). The van der Waals surface area contributed by atoms with Gasteiger partial charge in [0.15, 0.2) is 9.84 Å². The lowest BCUT2D eigenvalue weighted by Gasteiger charge is -2.12. The van der Waals surface area contributed by atoms with Crippen LogP contribution in [-0.2, 0) is 22.2 Å². The van der Waals surface area contributed by atoms with Crippen LogP contribution in [0.5, 0.6) is 0 Å². The lowest BCUT2D eigenvalue weighted by atomic mass is 10.1. The average Bonchev–Trinajstić information content (AvgIpc) is 3.16. The Labute approximate surface area is 171 Å². The van der Waals surface area contributed by atoms with Crippen LogP contribution in [0.4, 0.5) is 26.3 Å². The van der Waals surface area contributed by atoms with Crippen molar-refractivity contribution in [3.05, 3.63) is 54.0 Å². The zero-order valence-electron chi connectivity index (χ0n) is 15.0. The molecule has 2 heterocycles. The molecule has 0 N–H and O–H groups in total. The molecule has 0 saturated heterocycles. The van der Waals surface area contributed by atoms with Crippen LogP contribution in [0.25, 0.3) is 21.0 Å². The summed E-state index contributed by atoms with van der Waals surface area (Å²) in [6.45, 7) is 1.31. The van der Waals surface area contributed by atoms with E-state index >= 15 is 0 Å². The van der Waals surface area contributed by atoms with E-state index in [0.29, 0.717) is 16.5 Å². The fourth-order valence-electron chi connectivity index (χ4n) is 2.53. The monoisotopic (exact) mass is 466 g/mol. The number of benzene rings is 1. The first-order valence-electron chi connectivity index (χ1n) is 8.27. The topological polar surface area (TPSA) is 59.9 Å². The molecule has 0 saturated carbocycles. The molecular formula is C18H12F6N2O2S2. The lowest BCUT2D eigenvalue weighted by molar-refractivity contribution is -0.141. The first kappa shape index (κ1) is 22.2. The number of hydrogen-bond acceptors (Lipinski definition) is 5. The minimum atomic E-state index is -4.73. The van der Waals surface area contributed by atoms with Gasteiger partial charge in [0.2, 0.25) is 0 Å². The van der Waals surface area contributed by atoms with Crippen molar-refractivity contribution >= 4 is 21.2 Å². The molecule has 0 aliphatic heterocycles. The molecule has 0 amide bonds. The number of halogens is 6. The molecule has 0 radical (unpaired) electrons. The van der Waals surface area contributed by atoms with Crippen LogP contribution >= 0.6 is 11.3 Å². The summed E-state index contributed by atoms with van der Waals surface area (Å²) in [7, 11) is -4.01. The quantitative estimate of drug-likeness (QED) is 0.463. The number of rotatable bonds is 4. The first-order chi connectivity index (χ1) is 13.8. The van der Waals surface area contributed by atoms with Crippen molar-refractivity contribution in [2.45, 2.75) is 24.2 Å². The highest BCUT2D eigenvalue weighted by Gasteiger charge is 2.34. The van der Waals surface area contributed by atoms with Crippen LogP contribution in [-0.4, -0.2) is 24.1 Å². The molecule has 30 heavy (non-hydrogen) atoms. The molecule has 0 aliphatic carbocycles. The van der Waals surface area contributed by atoms with E-state index < -0.39 is 44.1 Å². The Bertz CT molecular complexity index is 1170. The molecule has 4 nitrogen and oxygen atoms in total. The van der Waals surface area contributed by atoms with E-state index in [9.17, 15) is 34.8 Å². The van der Waals surface area contributed by atoms with Gasteiger partial charge in [-0.15, -0.1) is 11.3 Å². The summed E-state index contributed by atoms with van der Waals surface area (Å²) in [4.78, 5) is 7.28. The van der Waals surface area contributed by atoms with Gasteiger partial charge in [0.1, 0.15) is 10.7 Å². The molecule has 12 heteroatoms. The Morgan fingerprint density at radius 2 is 1.63 bits per heavy atom. The zero-order valence-corrected chi connectivity index (χ0v) is 16.7. The highest BCUT2D eigenvalue weighted by molar-refractivity contribution is 7.91. The molecule has 0 atom stereocenters. The van der Waals surface area contributed by atoms with Crippen LogP contribution in [0.1, 0.15) is 18.2 Å². The van der Waals surface area contributed by atoms with Crippen molar-refractivity contribution in [1.29, 1.82) is 0 Å². The summed E-state index contributed by atoms with van der Waals surface area (Å²) in [5.74, 6) is -0.414. The van der Waals surface area contributed by atoms with Gasteiger partial charge in [-0.1, -0.05) is 13.0 Å². The van der Waals surface area contributed by atoms with Crippen molar-refractivity contribution in [3.8, 4) is 21.0 Å². The molecule has 160 valence electrons. The Balaban J connectivity index is 2.06. The molecule has 0 unspecified atom stereocenters. The molecule has 0 bridgehead atoms. The van der Waals surface area contributed by atoms with Crippen molar-refractivity contribution in [3.63, 3.8) is 0 Å². The molecule has 0 spiro atoms. The average molecular weight is 466 g/mol. The van der Waals surface area contributed by atoms with E-state index in [1.54, 1.807) is 0 Å². The number of aromatic nitrogens is 2. The van der Waals surface area contributed by atoms with Crippen molar-refractivity contribution in [2.75, 3.05) is 5.75 Å². The molecule has 2 aromatic heterocycles. The van der Waals surface area contributed by atoms with E-state index in [-0.39, 0.29) is 10.6 Å². The summed E-state index contributed by atoms with van der Waals surface area (Å²) in [5, 5.41) is 0.116. The smallest absolute Gasteiger partial charge is 0.251 e. The summed E-state index contributed by atoms with van der Waals surface area (Å²) in [6, 6.07) is 4.32. The minimum absolute atomic E-state index is 0.0130. The van der Waals surface area contributed by atoms with E-state index in [1.165, 1.54) is 19.2 Å². The fourth-order valence-corrected chi connectivity index (χ4v) is 4.66. The van der Waals surface area contributed by atoms with E-state index in [1.807, 2.05) is 0 Å². The third-order valence-corrected chi connectivity index (χ3v) is 6.95. The normalized spacial score (nSPS) is 12.9. The lowest BCUT2D eigenvalue weighted by Crippen LogP contribution is -2.10. The number of pyridine rings is 1. The third-order valence-electron chi connectivity index (χ3n) is 4.10. The predicted molar refractivity (Wildman–Crippen MR) is 98.5 cm³/mol. The number of nitrogens with zero attached hydrogens (tertiary/aromatic N) is 2. The minimum Gasteiger partial charge on any atom is -0.251 e. The van der Waals surface area contributed by atoms with Gasteiger partial charge in [-0.2, -0.15) is 26.3 Å². The molecular weight excluding hydrogens is 454 g/mol. The van der Waals surface area contributed by atoms with Gasteiger partial charge in [0, 0.05) is 23.5 Å². The predicted octanol–water partition coefficient (Wildman–Crippen LogP) is 5.70. The van der Waals surface area contributed by atoms with Crippen molar-refractivity contribution in [2.24, 2.45) is 0 Å². The Morgan fingerprint density at radius 3 is 2.17 bits per heavy atom. The number of sulfone groups is 1. The molecule has 3 aromatic rings. The van der Waals surface area contributed by atoms with Crippen LogP contribution < -0.4 is 0 Å². The van der Waals surface area contributed by atoms with Gasteiger partial charge < -0.3 is 0 Å². The Hall–Kier alpha value is -2.47. The maximum absolute atomic E-state index is 13.0. The maximum Gasteiger partial charge on any atom is 0.433 e. The van der Waals surface area contributed by atoms with Crippen molar-refractivity contribution in [1.82, 2.24) is 9.97 Å². The SMILES string of the molecule is CCS(=O)(=O)c1cc(C(F)(F)F)ccc1-c1ncc(-c2ccc(C(F)(F)F)nc2)s1. The van der Waals surface area contributed by atoms with Gasteiger partial charge in [-0.3, -0.25) is 4.98 Å². The van der Waals surface area contributed by atoms with E-state index in [2.05, 4.69) is 9.97 Å². The Morgan fingerprint density at radius 1 is 0.933 bits per heavy atom. The molecule has 0 aliphatic rings. The second kappa shape index (κ2) is 7.65. The second-order valence-corrected chi connectivity index (χ2v) is 9.35. The van der Waals surface area contributed by atoms with Gasteiger partial charge in [0.05, 0.1) is 21.1 Å². The number of thiazole rings is 1. The van der Waals surface area contributed by atoms with Gasteiger partial charge >= 0.3 is 12.4 Å². The van der Waals surface area contributed by atoms with Gasteiger partial charge in [-0.25, -0.2) is 13.4 Å². The first-order valence-corrected chi connectivity index (χ1v) is 10.7. The van der Waals surface area contributed by atoms with Gasteiger partial charge in [0.25, 0.3) is 0 Å². The summed E-state index contributed by atoms with van der Waals surface area (Å²) < 4.78 is 102. The highest BCUT2D eigenvalue weighted by Crippen LogP contribution is 2.39. The summed E-state index contributed by atoms with van der Waals surface area (Å²) in [5.41, 5.74) is -1.89. The van der Waals surface area contributed by atoms with E-state index in [4.69, 9.17) is 0 Å². The third kappa shape index (κ3) is 4.48. The highest BCUT2D eigenvalue weighted by atomic mass is 32.2. The van der Waals surface area contributed by atoms with Crippen LogP contribution in [0.15, 0.2) is 47.6 Å². The van der Waals surface area contributed by atoms with Crippen LogP contribution in [0.2, 0.25) is 0 Å². The largest absolute Gasteiger partial charge is 0.433 e. The number of alkyl halides is 6. The van der Waals surface area contributed by atoms with Crippen molar-refractivity contribution < 1.29 is 34.8 Å². The zero-order chi connectivity index (χ0) is 22.3. The fraction of sp³-hybridized carbons (Fsp3) is 0.222. The standard InChI is InChI=1S/C18H12F6N2O2S2/c1-2-30(27,28)14-7-11(17(19,20)21)4-5-12(14)16-26-9-13(29-16)10-3-6-15(25-8-10)18(22,23)24/h3-9H,2H2,1H3. The summed E-state index contributed by atoms with van der Waals surface area (Å²) >= 11 is 0.928. The van der Waals surface area contributed by atoms with E-state index in [0.717, 1.165) is 35.7 Å². The number of hydrogen-bond donors (Lipinski definition) is 0. The van der Waals surface area contributed by atoms with Crippen LogP contribution in [0.3, 0.4) is 0 Å². The Kier molecular flexibility index (Phi) is 5.67. The van der Waals surface area contributed by atoms with Gasteiger partial charge in [-0.05, 0) is 24.3 Å².